The van der Waals surface area contributed by atoms with Crippen molar-refractivity contribution in [2.24, 2.45) is 0 Å². The molecule has 86 valence electrons. The molecular formula is C15H16N2. The Morgan fingerprint density at radius 1 is 1.00 bits per heavy atom. The Morgan fingerprint density at radius 2 is 1.76 bits per heavy atom. The third-order valence-corrected chi connectivity index (χ3v) is 3.22. The smallest absolute Gasteiger partial charge is 0.103 e. The van der Waals surface area contributed by atoms with E-state index in [0.29, 0.717) is 0 Å². The van der Waals surface area contributed by atoms with Crippen LogP contribution in [0.3, 0.4) is 0 Å². The molecule has 0 bridgehead atoms. The summed E-state index contributed by atoms with van der Waals surface area (Å²) < 4.78 is 0. The second kappa shape index (κ2) is 4.22. The summed E-state index contributed by atoms with van der Waals surface area (Å²) >= 11 is 0. The fourth-order valence-electron chi connectivity index (χ4n) is 2.19. The minimum absolute atomic E-state index is 0.213. The van der Waals surface area contributed by atoms with Crippen molar-refractivity contribution in [3.8, 4) is 0 Å². The molecule has 2 heteroatoms. The number of aryl methyl sites for hydroxylation is 1. The molecule has 0 spiro atoms. The Bertz CT molecular complexity index is 517. The largest absolute Gasteiger partial charge is 0.366 e. The van der Waals surface area contributed by atoms with Gasteiger partial charge in [0, 0.05) is 12.2 Å². The van der Waals surface area contributed by atoms with E-state index in [1.165, 1.54) is 22.4 Å². The predicted octanol–water partition coefficient (Wildman–Crippen LogP) is 3.21. The van der Waals surface area contributed by atoms with Crippen LogP contribution in [0.25, 0.3) is 0 Å². The summed E-state index contributed by atoms with van der Waals surface area (Å²) in [6, 6.07) is 17.1. The lowest BCUT2D eigenvalue weighted by Crippen LogP contribution is -2.32. The Labute approximate surface area is 102 Å². The molecule has 0 aromatic heterocycles. The number of hydrogen-bond donors (Lipinski definition) is 2. The zero-order valence-electron chi connectivity index (χ0n) is 9.90. The zero-order valence-corrected chi connectivity index (χ0v) is 9.90. The van der Waals surface area contributed by atoms with Crippen molar-refractivity contribution in [1.82, 2.24) is 5.32 Å². The minimum Gasteiger partial charge on any atom is -0.366 e. The van der Waals surface area contributed by atoms with E-state index >= 15 is 0 Å². The highest BCUT2D eigenvalue weighted by Crippen LogP contribution is 2.26. The van der Waals surface area contributed by atoms with Gasteiger partial charge in [-0.25, -0.2) is 0 Å². The van der Waals surface area contributed by atoms with E-state index in [4.69, 9.17) is 0 Å². The molecule has 2 nitrogen and oxygen atoms in total. The molecule has 1 heterocycles. The number of anilines is 1. The van der Waals surface area contributed by atoms with E-state index in [1.54, 1.807) is 0 Å². The summed E-state index contributed by atoms with van der Waals surface area (Å²) in [6.45, 7) is 3.03. The molecule has 1 aliphatic rings. The summed E-state index contributed by atoms with van der Waals surface area (Å²) in [4.78, 5) is 0. The first-order valence-electron chi connectivity index (χ1n) is 5.97. The van der Waals surface area contributed by atoms with Gasteiger partial charge in [-0.15, -0.1) is 0 Å². The lowest BCUT2D eigenvalue weighted by Gasteiger charge is -2.28. The standard InChI is InChI=1S/C15H16N2/c1-11-6-8-12(9-7-11)15-16-10-13-4-2-3-5-14(13)17-15/h2-9,15-17H,10H2,1H3. The number of fused-ring (bicyclic) bond motifs is 1. The first-order chi connectivity index (χ1) is 8.33. The summed E-state index contributed by atoms with van der Waals surface area (Å²) in [5.41, 5.74) is 5.14. The number of para-hydroxylation sites is 1. The number of nitrogens with one attached hydrogen (secondary N) is 2. The van der Waals surface area contributed by atoms with Gasteiger partial charge in [0.25, 0.3) is 0 Å². The monoisotopic (exact) mass is 224 g/mol. The SMILES string of the molecule is Cc1ccc(C2NCc3ccccc3N2)cc1. The van der Waals surface area contributed by atoms with Crippen LogP contribution in [0, 0.1) is 6.92 Å². The maximum Gasteiger partial charge on any atom is 0.103 e. The molecule has 0 amide bonds. The molecule has 2 N–H and O–H groups in total. The topological polar surface area (TPSA) is 24.1 Å². The number of hydrogen-bond acceptors (Lipinski definition) is 2. The van der Waals surface area contributed by atoms with Gasteiger partial charge in [0.05, 0.1) is 0 Å². The lowest BCUT2D eigenvalue weighted by molar-refractivity contribution is 0.566. The van der Waals surface area contributed by atoms with Crippen LogP contribution in [0.5, 0.6) is 0 Å². The quantitative estimate of drug-likeness (QED) is 0.777. The molecule has 1 aliphatic heterocycles. The van der Waals surface area contributed by atoms with Crippen molar-refractivity contribution in [3.63, 3.8) is 0 Å². The Morgan fingerprint density at radius 3 is 2.59 bits per heavy atom. The molecule has 1 atom stereocenters. The summed E-state index contributed by atoms with van der Waals surface area (Å²) in [5, 5.41) is 7.02. The molecule has 0 saturated carbocycles. The minimum atomic E-state index is 0.213. The van der Waals surface area contributed by atoms with Crippen LogP contribution in [0.4, 0.5) is 5.69 Å². The van der Waals surface area contributed by atoms with Crippen LogP contribution in [0.1, 0.15) is 22.9 Å². The first-order valence-corrected chi connectivity index (χ1v) is 5.97. The number of benzene rings is 2. The first kappa shape index (κ1) is 10.4. The molecule has 0 radical (unpaired) electrons. The van der Waals surface area contributed by atoms with Crippen molar-refractivity contribution in [2.45, 2.75) is 19.6 Å². The van der Waals surface area contributed by atoms with Gasteiger partial charge in [-0.2, -0.15) is 0 Å². The van der Waals surface area contributed by atoms with E-state index in [2.05, 4.69) is 66.1 Å². The van der Waals surface area contributed by atoms with Crippen LogP contribution in [-0.2, 0) is 6.54 Å². The van der Waals surface area contributed by atoms with Gasteiger partial charge >= 0.3 is 0 Å². The third-order valence-electron chi connectivity index (χ3n) is 3.22. The van der Waals surface area contributed by atoms with Gasteiger partial charge in [0.2, 0.25) is 0 Å². The highest BCUT2D eigenvalue weighted by molar-refractivity contribution is 5.54. The maximum atomic E-state index is 3.52. The lowest BCUT2D eigenvalue weighted by atomic mass is 10.1. The molecule has 0 saturated heterocycles. The molecule has 3 rings (SSSR count). The fraction of sp³-hybridized carbons (Fsp3) is 0.200. The predicted molar refractivity (Wildman–Crippen MR) is 70.8 cm³/mol. The molecule has 1 unspecified atom stereocenters. The van der Waals surface area contributed by atoms with Crippen LogP contribution in [-0.4, -0.2) is 0 Å². The summed E-state index contributed by atoms with van der Waals surface area (Å²) in [6.07, 6.45) is 0.213. The highest BCUT2D eigenvalue weighted by Gasteiger charge is 2.17. The molecule has 2 aromatic carbocycles. The van der Waals surface area contributed by atoms with Crippen molar-refractivity contribution >= 4 is 5.69 Å². The van der Waals surface area contributed by atoms with Gasteiger partial charge in [-0.3, -0.25) is 5.32 Å². The third kappa shape index (κ3) is 2.04. The normalized spacial score (nSPS) is 18.3. The Hall–Kier alpha value is -1.80. The molecule has 0 fully saturated rings. The van der Waals surface area contributed by atoms with Crippen LogP contribution >= 0.6 is 0 Å². The van der Waals surface area contributed by atoms with Crippen LogP contribution in [0.2, 0.25) is 0 Å². The van der Waals surface area contributed by atoms with E-state index < -0.39 is 0 Å². The second-order valence-electron chi connectivity index (χ2n) is 4.53. The highest BCUT2D eigenvalue weighted by atomic mass is 15.1. The summed E-state index contributed by atoms with van der Waals surface area (Å²) in [5.74, 6) is 0. The van der Waals surface area contributed by atoms with E-state index in [1.807, 2.05) is 0 Å². The summed E-state index contributed by atoms with van der Waals surface area (Å²) in [7, 11) is 0. The van der Waals surface area contributed by atoms with Crippen molar-refractivity contribution < 1.29 is 0 Å². The van der Waals surface area contributed by atoms with Crippen molar-refractivity contribution in [2.75, 3.05) is 5.32 Å². The second-order valence-corrected chi connectivity index (χ2v) is 4.53. The van der Waals surface area contributed by atoms with Gasteiger partial charge < -0.3 is 5.32 Å². The van der Waals surface area contributed by atoms with Crippen LogP contribution < -0.4 is 10.6 Å². The van der Waals surface area contributed by atoms with Gasteiger partial charge in [0.1, 0.15) is 6.17 Å². The molecule has 2 aromatic rings. The van der Waals surface area contributed by atoms with E-state index in [9.17, 15) is 0 Å². The molecule has 0 aliphatic carbocycles. The van der Waals surface area contributed by atoms with Gasteiger partial charge in [-0.05, 0) is 24.1 Å². The van der Waals surface area contributed by atoms with Crippen molar-refractivity contribution in [1.29, 1.82) is 0 Å². The van der Waals surface area contributed by atoms with E-state index in [0.717, 1.165) is 6.54 Å². The zero-order chi connectivity index (χ0) is 11.7. The van der Waals surface area contributed by atoms with Gasteiger partial charge in [0.15, 0.2) is 0 Å². The van der Waals surface area contributed by atoms with E-state index in [-0.39, 0.29) is 6.17 Å². The maximum absolute atomic E-state index is 3.52. The Kier molecular flexibility index (Phi) is 2.57. The number of rotatable bonds is 1. The van der Waals surface area contributed by atoms with Gasteiger partial charge in [-0.1, -0.05) is 48.0 Å². The average molecular weight is 224 g/mol. The molecule has 17 heavy (non-hydrogen) atoms. The Balaban J connectivity index is 1.86. The molecular weight excluding hydrogens is 208 g/mol. The van der Waals surface area contributed by atoms with Crippen LogP contribution in [0.15, 0.2) is 48.5 Å². The average Bonchev–Trinajstić information content (AvgIpc) is 2.39. The fourth-order valence-corrected chi connectivity index (χ4v) is 2.19. The van der Waals surface area contributed by atoms with Crippen molar-refractivity contribution in [3.05, 3.63) is 65.2 Å².